The summed E-state index contributed by atoms with van der Waals surface area (Å²) in [4.78, 5) is 12.0. The zero-order valence-corrected chi connectivity index (χ0v) is 23.4. The van der Waals surface area contributed by atoms with Crippen molar-refractivity contribution in [3.63, 3.8) is 0 Å². The van der Waals surface area contributed by atoms with Gasteiger partial charge in [0.2, 0.25) is 10.0 Å². The van der Waals surface area contributed by atoms with Gasteiger partial charge in [-0.25, -0.2) is 22.5 Å². The van der Waals surface area contributed by atoms with Gasteiger partial charge in [-0.3, -0.25) is 0 Å². The first-order chi connectivity index (χ1) is 19.7. The number of hydrogen-bond acceptors (Lipinski definition) is 10. The molecule has 1 unspecified atom stereocenters. The molecule has 1 saturated carbocycles. The van der Waals surface area contributed by atoms with E-state index in [0.717, 1.165) is 5.56 Å². The van der Waals surface area contributed by atoms with Crippen LogP contribution in [0.5, 0.6) is 11.8 Å². The standard InChI is InChI=1S/C26H29ClFN5O7S/c27-15-9-18-25(33-26(31-18)40-20-11-39-22-19(34)10-38-23(20)22)32-24(15)30-17-4-1-12-7-13(8-16(28)21(12)17)37-6-5-29-41(35,36)14-2-3-14/h7-9,14,17,19-20,22-23,29,34H,1-6,10-11H2,(H2,30,31,32,33)/t17?,19-,20-,22-,23-/m1/s1. The number of nitrogens with one attached hydrogen (secondary N) is 3. The lowest BCUT2D eigenvalue weighted by molar-refractivity contribution is 0.00706. The number of ether oxygens (including phenoxy) is 4. The number of aryl methyl sites for hydroxylation is 1. The maximum atomic E-state index is 15.2. The highest BCUT2D eigenvalue weighted by Gasteiger charge is 2.48. The Morgan fingerprint density at radius 2 is 1.98 bits per heavy atom. The number of imidazole rings is 1. The van der Waals surface area contributed by atoms with Crippen molar-refractivity contribution >= 4 is 38.6 Å². The van der Waals surface area contributed by atoms with Gasteiger partial charge in [0, 0.05) is 18.2 Å². The quantitative estimate of drug-likeness (QED) is 0.251. The van der Waals surface area contributed by atoms with Crippen LogP contribution >= 0.6 is 11.6 Å². The SMILES string of the molecule is O=S(=O)(NCCOc1cc(F)c2c(c1)CCC2Nc1nc2nc(O[C@@H]3CO[C@H]4[C@@H]3OC[C@H]4O)[nH]c2cc1Cl)C1CC1. The summed E-state index contributed by atoms with van der Waals surface area (Å²) in [6.45, 7) is 0.694. The van der Waals surface area contributed by atoms with E-state index in [4.69, 9.17) is 30.5 Å². The number of halogens is 2. The van der Waals surface area contributed by atoms with Gasteiger partial charge < -0.3 is 34.4 Å². The van der Waals surface area contributed by atoms with Gasteiger partial charge >= 0.3 is 0 Å². The third-order valence-electron chi connectivity index (χ3n) is 7.84. The molecule has 7 rings (SSSR count). The molecule has 12 nitrogen and oxygen atoms in total. The highest BCUT2D eigenvalue weighted by molar-refractivity contribution is 7.90. The summed E-state index contributed by atoms with van der Waals surface area (Å²) in [5.74, 6) is 0.296. The van der Waals surface area contributed by atoms with Gasteiger partial charge in [-0.05, 0) is 43.4 Å². The molecule has 4 N–H and O–H groups in total. The smallest absolute Gasteiger partial charge is 0.296 e. The lowest BCUT2D eigenvalue weighted by Crippen LogP contribution is -2.34. The average molecular weight is 610 g/mol. The van der Waals surface area contributed by atoms with Gasteiger partial charge in [0.05, 0.1) is 35.0 Å². The van der Waals surface area contributed by atoms with Crippen LogP contribution in [0, 0.1) is 5.82 Å². The number of aromatic nitrogens is 3. The Labute approximate surface area is 239 Å². The molecule has 3 aromatic rings. The number of rotatable bonds is 10. The molecule has 41 heavy (non-hydrogen) atoms. The number of aliphatic hydroxyl groups excluding tert-OH is 1. The molecule has 220 valence electrons. The lowest BCUT2D eigenvalue weighted by Gasteiger charge is -2.17. The van der Waals surface area contributed by atoms with Crippen LogP contribution in [0.2, 0.25) is 5.02 Å². The highest BCUT2D eigenvalue weighted by Crippen LogP contribution is 2.39. The predicted molar refractivity (Wildman–Crippen MR) is 145 cm³/mol. The van der Waals surface area contributed by atoms with Crippen LogP contribution in [0.1, 0.15) is 36.4 Å². The van der Waals surface area contributed by atoms with Gasteiger partial charge in [0.1, 0.15) is 42.3 Å². The van der Waals surface area contributed by atoms with Gasteiger partial charge in [-0.15, -0.1) is 0 Å². The molecule has 3 fully saturated rings. The first-order valence-electron chi connectivity index (χ1n) is 13.6. The van der Waals surface area contributed by atoms with Crippen LogP contribution in [-0.2, 0) is 25.9 Å². The molecule has 2 aromatic heterocycles. The summed E-state index contributed by atoms with van der Waals surface area (Å²) in [6.07, 6.45) is 0.718. The van der Waals surface area contributed by atoms with E-state index in [1.807, 2.05) is 0 Å². The zero-order chi connectivity index (χ0) is 28.3. The number of aromatic amines is 1. The Hall–Kier alpha value is -2.75. The number of fused-ring (bicyclic) bond motifs is 3. The van der Waals surface area contributed by atoms with E-state index in [-0.39, 0.29) is 49.8 Å². The number of nitrogens with zero attached hydrogens (tertiary/aromatic N) is 2. The molecule has 5 atom stereocenters. The molecule has 4 heterocycles. The number of pyridine rings is 1. The fraction of sp³-hybridized carbons (Fsp3) is 0.538. The first-order valence-corrected chi connectivity index (χ1v) is 15.5. The third kappa shape index (κ3) is 5.32. The van der Waals surface area contributed by atoms with Gasteiger partial charge in [0.25, 0.3) is 6.01 Å². The van der Waals surface area contributed by atoms with Gasteiger partial charge in [-0.2, -0.15) is 4.98 Å². The molecule has 2 aliphatic heterocycles. The van der Waals surface area contributed by atoms with E-state index in [1.54, 1.807) is 12.1 Å². The summed E-state index contributed by atoms with van der Waals surface area (Å²) in [6, 6.07) is 4.64. The van der Waals surface area contributed by atoms with Crippen LogP contribution in [0.15, 0.2) is 18.2 Å². The predicted octanol–water partition coefficient (Wildman–Crippen LogP) is 2.22. The minimum atomic E-state index is -3.28. The van der Waals surface area contributed by atoms with E-state index in [1.165, 1.54) is 6.07 Å². The Morgan fingerprint density at radius 3 is 2.80 bits per heavy atom. The van der Waals surface area contributed by atoms with E-state index < -0.39 is 34.2 Å². The molecule has 0 radical (unpaired) electrons. The van der Waals surface area contributed by atoms with Crippen molar-refractivity contribution in [3.05, 3.63) is 40.2 Å². The normalized spacial score (nSPS) is 27.2. The van der Waals surface area contributed by atoms with Gasteiger partial charge in [0.15, 0.2) is 11.8 Å². The highest BCUT2D eigenvalue weighted by atomic mass is 35.5. The van der Waals surface area contributed by atoms with Crippen molar-refractivity contribution in [1.29, 1.82) is 0 Å². The fourth-order valence-electron chi connectivity index (χ4n) is 5.67. The van der Waals surface area contributed by atoms with Crippen LogP contribution in [0.3, 0.4) is 0 Å². The maximum Gasteiger partial charge on any atom is 0.296 e. The Morgan fingerprint density at radius 1 is 1.15 bits per heavy atom. The summed E-state index contributed by atoms with van der Waals surface area (Å²) in [5, 5.41) is 13.2. The number of hydrogen-bond donors (Lipinski definition) is 4. The average Bonchev–Trinajstić information content (AvgIpc) is 3.25. The molecule has 2 aliphatic carbocycles. The second-order valence-electron chi connectivity index (χ2n) is 10.8. The van der Waals surface area contributed by atoms with Crippen LogP contribution in [0.4, 0.5) is 10.2 Å². The third-order valence-corrected chi connectivity index (χ3v) is 10.1. The largest absolute Gasteiger partial charge is 0.492 e. The number of sulfonamides is 1. The summed E-state index contributed by atoms with van der Waals surface area (Å²) >= 11 is 6.52. The second kappa shape index (κ2) is 10.5. The van der Waals surface area contributed by atoms with Crippen molar-refractivity contribution < 1.29 is 36.9 Å². The summed E-state index contributed by atoms with van der Waals surface area (Å²) in [5.41, 5.74) is 2.26. The first kappa shape index (κ1) is 27.1. The minimum Gasteiger partial charge on any atom is -0.492 e. The molecule has 2 saturated heterocycles. The van der Waals surface area contributed by atoms with E-state index in [2.05, 4.69) is 25.0 Å². The van der Waals surface area contributed by atoms with Crippen LogP contribution in [0.25, 0.3) is 11.2 Å². The van der Waals surface area contributed by atoms with Crippen molar-refractivity contribution in [2.45, 2.75) is 61.4 Å². The molecule has 4 aliphatic rings. The Balaban J connectivity index is 1.01. The second-order valence-corrected chi connectivity index (χ2v) is 13.2. The monoisotopic (exact) mass is 609 g/mol. The molecule has 0 bridgehead atoms. The number of aliphatic hydroxyl groups is 1. The summed E-state index contributed by atoms with van der Waals surface area (Å²) < 4.78 is 64.4. The molecule has 0 amide bonds. The van der Waals surface area contributed by atoms with Crippen molar-refractivity contribution in [2.24, 2.45) is 0 Å². The van der Waals surface area contributed by atoms with E-state index in [0.29, 0.717) is 59.0 Å². The topological polar surface area (TPSA) is 157 Å². The fourth-order valence-corrected chi connectivity index (χ4v) is 7.24. The number of H-pyrrole nitrogens is 1. The van der Waals surface area contributed by atoms with Crippen LogP contribution in [-0.4, -0.2) is 84.5 Å². The number of anilines is 1. The van der Waals surface area contributed by atoms with Crippen LogP contribution < -0.4 is 19.5 Å². The summed E-state index contributed by atoms with van der Waals surface area (Å²) in [7, 11) is -3.28. The Kier molecular flexibility index (Phi) is 6.95. The molecule has 0 spiro atoms. The molecular formula is C26H29ClFN5O7S. The molecular weight excluding hydrogens is 581 g/mol. The number of benzene rings is 1. The van der Waals surface area contributed by atoms with E-state index in [9.17, 15) is 13.5 Å². The van der Waals surface area contributed by atoms with Crippen molar-refractivity contribution in [3.8, 4) is 11.8 Å². The molecule has 15 heteroatoms. The van der Waals surface area contributed by atoms with Crippen molar-refractivity contribution in [1.82, 2.24) is 19.7 Å². The van der Waals surface area contributed by atoms with Crippen molar-refractivity contribution in [2.75, 3.05) is 31.7 Å². The minimum absolute atomic E-state index is 0.102. The Bertz CT molecular complexity index is 1590. The maximum absolute atomic E-state index is 15.2. The molecule has 1 aromatic carbocycles. The van der Waals surface area contributed by atoms with E-state index >= 15 is 4.39 Å². The zero-order valence-electron chi connectivity index (χ0n) is 21.8. The lowest BCUT2D eigenvalue weighted by atomic mass is 10.1. The van der Waals surface area contributed by atoms with Gasteiger partial charge in [-0.1, -0.05) is 11.6 Å².